The highest BCUT2D eigenvalue weighted by Gasteiger charge is 2.42. The third-order valence-electron chi connectivity index (χ3n) is 3.61. The molecular weight excluding hydrogens is 327 g/mol. The van der Waals surface area contributed by atoms with Gasteiger partial charge in [0, 0.05) is 22.8 Å². The van der Waals surface area contributed by atoms with Crippen LogP contribution in [0.25, 0.3) is 11.0 Å². The Morgan fingerprint density at radius 2 is 2.00 bits per heavy atom. The number of halogens is 2. The summed E-state index contributed by atoms with van der Waals surface area (Å²) >= 11 is 12.2. The summed E-state index contributed by atoms with van der Waals surface area (Å²) in [5.74, 6) is -0.409. The van der Waals surface area contributed by atoms with Crippen LogP contribution in [0.1, 0.15) is 5.76 Å². The minimum absolute atomic E-state index is 0.443. The molecule has 0 bridgehead atoms. The summed E-state index contributed by atoms with van der Waals surface area (Å²) in [6.45, 7) is 1.44. The van der Waals surface area contributed by atoms with Gasteiger partial charge < -0.3 is 18.5 Å². The van der Waals surface area contributed by atoms with E-state index in [0.717, 1.165) is 5.39 Å². The summed E-state index contributed by atoms with van der Waals surface area (Å²) in [7, 11) is 0. The largest absolute Gasteiger partial charge is 0.454 e. The Morgan fingerprint density at radius 1 is 1.18 bits per heavy atom. The van der Waals surface area contributed by atoms with Crippen molar-refractivity contribution in [3.8, 4) is 0 Å². The molecule has 22 heavy (non-hydrogen) atoms. The van der Waals surface area contributed by atoms with E-state index in [1.165, 1.54) is 0 Å². The van der Waals surface area contributed by atoms with Crippen molar-refractivity contribution >= 4 is 34.2 Å². The first-order chi connectivity index (χ1) is 10.7. The Kier molecular flexibility index (Phi) is 3.38. The van der Waals surface area contributed by atoms with Crippen molar-refractivity contribution in [2.24, 2.45) is 0 Å². The van der Waals surface area contributed by atoms with Crippen LogP contribution >= 0.6 is 23.2 Å². The van der Waals surface area contributed by atoms with Gasteiger partial charge in [-0.2, -0.15) is 0 Å². The highest BCUT2D eigenvalue weighted by Crippen LogP contribution is 2.39. The van der Waals surface area contributed by atoms with Gasteiger partial charge in [-0.3, -0.25) is 0 Å². The Bertz CT molecular complexity index is 808. The van der Waals surface area contributed by atoms with Crippen LogP contribution in [0.3, 0.4) is 0 Å². The second-order valence-corrected chi connectivity index (χ2v) is 5.95. The van der Waals surface area contributed by atoms with Crippen LogP contribution in [0.2, 0.25) is 10.0 Å². The molecule has 114 valence electrons. The maximum atomic E-state index is 6.20. The second-order valence-electron chi connectivity index (χ2n) is 5.10. The summed E-state index contributed by atoms with van der Waals surface area (Å²) in [6.07, 6.45) is 5.26. The molecule has 0 atom stereocenters. The molecule has 0 saturated carbocycles. The third kappa shape index (κ3) is 2.30. The number of hydrogen-bond acceptors (Lipinski definition) is 4. The predicted octanol–water partition coefficient (Wildman–Crippen LogP) is 3.84. The number of benzene rings is 1. The van der Waals surface area contributed by atoms with E-state index < -0.39 is 5.79 Å². The summed E-state index contributed by atoms with van der Waals surface area (Å²) in [6, 6.07) is 5.31. The molecule has 3 heterocycles. The third-order valence-corrected chi connectivity index (χ3v) is 4.11. The summed E-state index contributed by atoms with van der Waals surface area (Å²) < 4.78 is 19.5. The number of furan rings is 1. The van der Waals surface area contributed by atoms with Gasteiger partial charge in [0.25, 0.3) is 0 Å². The van der Waals surface area contributed by atoms with Gasteiger partial charge in [-0.1, -0.05) is 23.2 Å². The first kappa shape index (κ1) is 14.1. The molecule has 0 aliphatic carbocycles. The number of nitrogens with zero attached hydrogens (tertiary/aromatic N) is 2. The van der Waals surface area contributed by atoms with Gasteiger partial charge in [0.2, 0.25) is 5.79 Å². The van der Waals surface area contributed by atoms with Crippen LogP contribution in [0.15, 0.2) is 41.3 Å². The maximum absolute atomic E-state index is 6.20. The molecule has 0 spiro atoms. The van der Waals surface area contributed by atoms with E-state index in [2.05, 4.69) is 4.98 Å². The fourth-order valence-corrected chi connectivity index (χ4v) is 3.20. The van der Waals surface area contributed by atoms with Crippen molar-refractivity contribution in [2.45, 2.75) is 12.3 Å². The molecule has 4 rings (SSSR count). The molecular formula is C15H12Cl2N2O3. The Balaban J connectivity index is 1.81. The molecule has 0 radical (unpaired) electrons. The molecule has 1 aliphatic rings. The molecule has 1 fully saturated rings. The van der Waals surface area contributed by atoms with Crippen LogP contribution in [0.4, 0.5) is 0 Å². The highest BCUT2D eigenvalue weighted by atomic mass is 35.5. The van der Waals surface area contributed by atoms with Crippen molar-refractivity contribution < 1.29 is 13.9 Å². The molecule has 3 aromatic rings. The average molecular weight is 339 g/mol. The van der Waals surface area contributed by atoms with Crippen LogP contribution in [-0.2, 0) is 21.8 Å². The van der Waals surface area contributed by atoms with Gasteiger partial charge in [0.15, 0.2) is 11.3 Å². The minimum atomic E-state index is -0.977. The molecule has 7 heteroatoms. The number of imidazole rings is 1. The molecule has 0 amide bonds. The monoisotopic (exact) mass is 338 g/mol. The van der Waals surface area contributed by atoms with E-state index in [4.69, 9.17) is 37.1 Å². The first-order valence-corrected chi connectivity index (χ1v) is 7.55. The summed E-state index contributed by atoms with van der Waals surface area (Å²) in [5.41, 5.74) is 0.574. The van der Waals surface area contributed by atoms with E-state index in [0.29, 0.717) is 41.1 Å². The van der Waals surface area contributed by atoms with Crippen molar-refractivity contribution in [1.29, 1.82) is 0 Å². The van der Waals surface area contributed by atoms with Crippen molar-refractivity contribution in [3.05, 3.63) is 52.7 Å². The lowest BCUT2D eigenvalue weighted by molar-refractivity contribution is -0.187. The van der Waals surface area contributed by atoms with E-state index in [9.17, 15) is 0 Å². The van der Waals surface area contributed by atoms with Crippen LogP contribution in [-0.4, -0.2) is 22.8 Å². The highest BCUT2D eigenvalue weighted by molar-refractivity contribution is 6.38. The zero-order valence-electron chi connectivity index (χ0n) is 11.5. The molecule has 5 nitrogen and oxygen atoms in total. The number of hydrogen-bond donors (Lipinski definition) is 0. The lowest BCUT2D eigenvalue weighted by Gasteiger charge is -2.25. The second kappa shape index (κ2) is 5.28. The minimum Gasteiger partial charge on any atom is -0.454 e. The van der Waals surface area contributed by atoms with Crippen LogP contribution in [0, 0.1) is 0 Å². The first-order valence-electron chi connectivity index (χ1n) is 6.79. The fourth-order valence-electron chi connectivity index (χ4n) is 2.65. The maximum Gasteiger partial charge on any atom is 0.247 e. The van der Waals surface area contributed by atoms with Crippen molar-refractivity contribution in [1.82, 2.24) is 9.55 Å². The smallest absolute Gasteiger partial charge is 0.247 e. The Morgan fingerprint density at radius 3 is 2.73 bits per heavy atom. The van der Waals surface area contributed by atoms with Gasteiger partial charge in [-0.05, 0) is 18.2 Å². The van der Waals surface area contributed by atoms with Gasteiger partial charge in [-0.25, -0.2) is 4.98 Å². The number of ether oxygens (including phenoxy) is 2. The lowest BCUT2D eigenvalue weighted by Crippen LogP contribution is -2.32. The van der Waals surface area contributed by atoms with Crippen LogP contribution < -0.4 is 0 Å². The molecule has 2 aromatic heterocycles. The topological polar surface area (TPSA) is 49.4 Å². The molecule has 1 aliphatic heterocycles. The van der Waals surface area contributed by atoms with Crippen molar-refractivity contribution in [3.63, 3.8) is 0 Å². The zero-order valence-corrected chi connectivity index (χ0v) is 13.0. The average Bonchev–Trinajstić information content (AvgIpc) is 3.18. The molecule has 1 aromatic carbocycles. The quantitative estimate of drug-likeness (QED) is 0.728. The summed E-state index contributed by atoms with van der Waals surface area (Å²) in [5, 5.41) is 1.84. The predicted molar refractivity (Wildman–Crippen MR) is 82.0 cm³/mol. The molecule has 0 unspecified atom stereocenters. The molecule has 1 saturated heterocycles. The number of aromatic nitrogens is 2. The molecule has 0 N–H and O–H groups in total. The standard InChI is InChI=1S/C15H12Cl2N2O3/c16-11-5-10-6-13(22-14(10)12(17)7-11)15(20-3-4-21-15)8-19-2-1-18-9-19/h1-2,5-7,9H,3-4,8H2. The number of rotatable bonds is 3. The van der Waals surface area contributed by atoms with Gasteiger partial charge in [0.1, 0.15) is 0 Å². The van der Waals surface area contributed by atoms with Gasteiger partial charge in [0.05, 0.1) is 31.1 Å². The zero-order chi connectivity index (χ0) is 15.2. The van der Waals surface area contributed by atoms with Gasteiger partial charge >= 0.3 is 0 Å². The van der Waals surface area contributed by atoms with E-state index in [-0.39, 0.29) is 0 Å². The van der Waals surface area contributed by atoms with E-state index in [1.54, 1.807) is 24.7 Å². The van der Waals surface area contributed by atoms with Crippen LogP contribution in [0.5, 0.6) is 0 Å². The summed E-state index contributed by atoms with van der Waals surface area (Å²) in [4.78, 5) is 4.04. The normalized spacial score (nSPS) is 17.4. The lowest BCUT2D eigenvalue weighted by atomic mass is 10.2. The Labute approximate surface area is 136 Å². The van der Waals surface area contributed by atoms with Crippen molar-refractivity contribution in [2.75, 3.05) is 13.2 Å². The van der Waals surface area contributed by atoms with Gasteiger partial charge in [-0.15, -0.1) is 0 Å². The van der Waals surface area contributed by atoms with E-state index in [1.807, 2.05) is 16.8 Å². The SMILES string of the molecule is Clc1cc(Cl)c2oc(C3(Cn4ccnc4)OCCO3)cc2c1. The van der Waals surface area contributed by atoms with E-state index >= 15 is 0 Å². The number of fused-ring (bicyclic) bond motifs is 1. The Hall–Kier alpha value is -1.53. The fraction of sp³-hybridized carbons (Fsp3) is 0.267.